The molecule has 6 heteroatoms. The van der Waals surface area contributed by atoms with Crippen LogP contribution >= 0.6 is 11.6 Å². The summed E-state index contributed by atoms with van der Waals surface area (Å²) >= 11 is 5.94. The molecule has 1 unspecified atom stereocenters. The number of para-hydroxylation sites is 1. The number of rotatable bonds is 6. The number of nitrogens with one attached hydrogen (secondary N) is 1. The predicted molar refractivity (Wildman–Crippen MR) is 105 cm³/mol. The van der Waals surface area contributed by atoms with Crippen molar-refractivity contribution in [2.75, 3.05) is 0 Å². The summed E-state index contributed by atoms with van der Waals surface area (Å²) in [7, 11) is 0. The van der Waals surface area contributed by atoms with Crippen molar-refractivity contribution < 1.29 is 9.72 Å². The Morgan fingerprint density at radius 1 is 0.963 bits per heavy atom. The highest BCUT2D eigenvalue weighted by atomic mass is 35.5. The summed E-state index contributed by atoms with van der Waals surface area (Å²) in [5.74, 6) is -0.481. The molecule has 27 heavy (non-hydrogen) atoms. The fraction of sp³-hybridized carbons (Fsp3) is 0.0952. The summed E-state index contributed by atoms with van der Waals surface area (Å²) in [6.45, 7) is 0. The summed E-state index contributed by atoms with van der Waals surface area (Å²) < 4.78 is 0. The first-order chi connectivity index (χ1) is 13.0. The second kappa shape index (κ2) is 8.47. The van der Waals surface area contributed by atoms with Crippen LogP contribution in [0.1, 0.15) is 27.5 Å². The third kappa shape index (κ3) is 4.71. The SMILES string of the molecule is O=C(NC(Cc1ccc(Cl)cc1)c1ccccc1)c1ccccc1[N+](=O)[O-]. The first-order valence-corrected chi connectivity index (χ1v) is 8.76. The minimum Gasteiger partial charge on any atom is -0.345 e. The van der Waals surface area contributed by atoms with E-state index in [2.05, 4.69) is 5.32 Å². The number of carbonyl (C=O) groups excluding carboxylic acids is 1. The lowest BCUT2D eigenvalue weighted by Crippen LogP contribution is -2.30. The molecule has 0 heterocycles. The van der Waals surface area contributed by atoms with E-state index in [9.17, 15) is 14.9 Å². The molecular formula is C21H17ClN2O3. The molecule has 3 aromatic carbocycles. The molecule has 0 aliphatic rings. The molecule has 1 amide bonds. The maximum atomic E-state index is 12.8. The normalized spacial score (nSPS) is 11.6. The highest BCUT2D eigenvalue weighted by molar-refractivity contribution is 6.30. The standard InChI is InChI=1S/C21H17ClN2O3/c22-17-12-10-15(11-13-17)14-19(16-6-2-1-3-7-16)23-21(25)18-8-4-5-9-20(18)24(26)27/h1-13,19H,14H2,(H,23,25). The maximum Gasteiger partial charge on any atom is 0.282 e. The molecule has 5 nitrogen and oxygen atoms in total. The van der Waals surface area contributed by atoms with Crippen LogP contribution in [-0.4, -0.2) is 10.8 Å². The van der Waals surface area contributed by atoms with Gasteiger partial charge in [-0.25, -0.2) is 0 Å². The number of nitro groups is 1. The van der Waals surface area contributed by atoms with Crippen LogP contribution in [0.4, 0.5) is 5.69 Å². The number of hydrogen-bond acceptors (Lipinski definition) is 3. The van der Waals surface area contributed by atoms with Crippen LogP contribution < -0.4 is 5.32 Å². The van der Waals surface area contributed by atoms with Crippen molar-refractivity contribution in [2.24, 2.45) is 0 Å². The van der Waals surface area contributed by atoms with Crippen LogP contribution in [0.5, 0.6) is 0 Å². The molecule has 0 aliphatic carbocycles. The summed E-state index contributed by atoms with van der Waals surface area (Å²) in [5, 5.41) is 14.8. The van der Waals surface area contributed by atoms with Crippen LogP contribution in [0.25, 0.3) is 0 Å². The maximum absolute atomic E-state index is 12.8. The van der Waals surface area contributed by atoms with Gasteiger partial charge >= 0.3 is 0 Å². The number of benzene rings is 3. The average molecular weight is 381 g/mol. The van der Waals surface area contributed by atoms with Gasteiger partial charge in [0.25, 0.3) is 11.6 Å². The van der Waals surface area contributed by atoms with E-state index in [1.807, 2.05) is 42.5 Å². The van der Waals surface area contributed by atoms with Crippen molar-refractivity contribution >= 4 is 23.2 Å². The Labute approximate surface area is 161 Å². The molecule has 0 aliphatic heterocycles. The molecule has 0 fully saturated rings. The number of carbonyl (C=O) groups is 1. The fourth-order valence-corrected chi connectivity index (χ4v) is 2.98. The molecule has 136 valence electrons. The zero-order valence-corrected chi connectivity index (χ0v) is 15.1. The summed E-state index contributed by atoms with van der Waals surface area (Å²) in [6.07, 6.45) is 0.535. The van der Waals surface area contributed by atoms with Crippen LogP contribution in [0.15, 0.2) is 78.9 Å². The lowest BCUT2D eigenvalue weighted by atomic mass is 9.98. The molecule has 0 saturated carbocycles. The Kier molecular flexibility index (Phi) is 5.84. The van der Waals surface area contributed by atoms with Gasteiger partial charge in [-0.05, 0) is 35.7 Å². The minimum absolute atomic E-state index is 0.0412. The third-order valence-corrected chi connectivity index (χ3v) is 4.46. The number of nitrogens with zero attached hydrogens (tertiary/aromatic N) is 1. The Balaban J connectivity index is 1.88. The Morgan fingerprint density at radius 2 is 1.59 bits per heavy atom. The number of nitro benzene ring substituents is 1. The van der Waals surface area contributed by atoms with Gasteiger partial charge in [-0.1, -0.05) is 66.2 Å². The Morgan fingerprint density at radius 3 is 2.26 bits per heavy atom. The summed E-state index contributed by atoms with van der Waals surface area (Å²) in [4.78, 5) is 23.4. The zero-order valence-electron chi connectivity index (χ0n) is 14.3. The molecule has 1 N–H and O–H groups in total. The first kappa shape index (κ1) is 18.6. The molecule has 0 saturated heterocycles. The van der Waals surface area contributed by atoms with Crippen LogP contribution in [-0.2, 0) is 6.42 Å². The second-order valence-corrected chi connectivity index (χ2v) is 6.48. The van der Waals surface area contributed by atoms with Gasteiger partial charge in [0.15, 0.2) is 0 Å². The largest absolute Gasteiger partial charge is 0.345 e. The van der Waals surface area contributed by atoms with E-state index in [1.165, 1.54) is 18.2 Å². The van der Waals surface area contributed by atoms with Gasteiger partial charge in [-0.3, -0.25) is 14.9 Å². The minimum atomic E-state index is -0.550. The van der Waals surface area contributed by atoms with E-state index >= 15 is 0 Å². The van der Waals surface area contributed by atoms with Gasteiger partial charge in [0, 0.05) is 11.1 Å². The first-order valence-electron chi connectivity index (χ1n) is 8.38. The van der Waals surface area contributed by atoms with Crippen LogP contribution in [0.3, 0.4) is 0 Å². The van der Waals surface area contributed by atoms with Crippen molar-refractivity contribution in [1.29, 1.82) is 0 Å². The summed E-state index contributed by atoms with van der Waals surface area (Å²) in [6, 6.07) is 22.5. The van der Waals surface area contributed by atoms with Gasteiger partial charge in [0.05, 0.1) is 11.0 Å². The Bertz CT molecular complexity index is 943. The lowest BCUT2D eigenvalue weighted by molar-refractivity contribution is -0.385. The lowest BCUT2D eigenvalue weighted by Gasteiger charge is -2.19. The van der Waals surface area contributed by atoms with Crippen molar-refractivity contribution in [3.63, 3.8) is 0 Å². The van der Waals surface area contributed by atoms with Crippen molar-refractivity contribution in [3.05, 3.63) is 111 Å². The zero-order chi connectivity index (χ0) is 19.2. The number of hydrogen-bond donors (Lipinski definition) is 1. The third-order valence-electron chi connectivity index (χ3n) is 4.21. The highest BCUT2D eigenvalue weighted by Crippen LogP contribution is 2.23. The molecule has 3 rings (SSSR count). The van der Waals surface area contributed by atoms with E-state index in [1.54, 1.807) is 18.2 Å². The number of amides is 1. The van der Waals surface area contributed by atoms with Crippen molar-refractivity contribution in [3.8, 4) is 0 Å². The summed E-state index contributed by atoms with van der Waals surface area (Å²) in [5.41, 5.74) is 1.74. The van der Waals surface area contributed by atoms with Crippen LogP contribution in [0.2, 0.25) is 5.02 Å². The van der Waals surface area contributed by atoms with E-state index < -0.39 is 10.8 Å². The van der Waals surface area contributed by atoms with E-state index in [0.29, 0.717) is 11.4 Å². The monoisotopic (exact) mass is 380 g/mol. The van der Waals surface area contributed by atoms with Gasteiger partial charge in [-0.2, -0.15) is 0 Å². The molecule has 0 aromatic heterocycles. The molecule has 0 radical (unpaired) electrons. The van der Waals surface area contributed by atoms with Gasteiger partial charge in [0.1, 0.15) is 5.56 Å². The molecule has 0 spiro atoms. The predicted octanol–water partition coefficient (Wildman–Crippen LogP) is 4.96. The van der Waals surface area contributed by atoms with E-state index in [0.717, 1.165) is 11.1 Å². The second-order valence-electron chi connectivity index (χ2n) is 6.04. The molecule has 3 aromatic rings. The molecular weight excluding hydrogens is 364 g/mol. The fourth-order valence-electron chi connectivity index (χ4n) is 2.85. The van der Waals surface area contributed by atoms with Crippen molar-refractivity contribution in [2.45, 2.75) is 12.5 Å². The quantitative estimate of drug-likeness (QED) is 0.485. The van der Waals surface area contributed by atoms with Gasteiger partial charge in [-0.15, -0.1) is 0 Å². The van der Waals surface area contributed by atoms with Crippen molar-refractivity contribution in [1.82, 2.24) is 5.32 Å². The average Bonchev–Trinajstić information content (AvgIpc) is 2.69. The van der Waals surface area contributed by atoms with E-state index in [-0.39, 0.29) is 17.3 Å². The topological polar surface area (TPSA) is 72.2 Å². The Hall–Kier alpha value is -3.18. The highest BCUT2D eigenvalue weighted by Gasteiger charge is 2.22. The number of halogens is 1. The van der Waals surface area contributed by atoms with Gasteiger partial charge in [0.2, 0.25) is 0 Å². The molecule has 0 bridgehead atoms. The van der Waals surface area contributed by atoms with Crippen LogP contribution in [0, 0.1) is 10.1 Å². The van der Waals surface area contributed by atoms with E-state index in [4.69, 9.17) is 11.6 Å². The van der Waals surface area contributed by atoms with Gasteiger partial charge < -0.3 is 5.32 Å². The smallest absolute Gasteiger partial charge is 0.282 e. The molecule has 1 atom stereocenters.